The minimum atomic E-state index is -0.283. The lowest BCUT2D eigenvalue weighted by atomic mass is 9.80. The Balaban J connectivity index is 2.40. The van der Waals surface area contributed by atoms with Crippen LogP contribution in [0, 0.1) is 17.8 Å². The Kier molecular flexibility index (Phi) is 5.16. The molecule has 0 aromatic carbocycles. The van der Waals surface area contributed by atoms with Crippen LogP contribution in [0.15, 0.2) is 0 Å². The maximum Gasteiger partial charge on any atom is 0.319 e. The summed E-state index contributed by atoms with van der Waals surface area (Å²) >= 11 is 4.29. The van der Waals surface area contributed by atoms with Crippen molar-refractivity contribution in [3.63, 3.8) is 0 Å². The fourth-order valence-electron chi connectivity index (χ4n) is 2.11. The first-order valence-electron chi connectivity index (χ1n) is 6.30. The number of thiol groups is 1. The van der Waals surface area contributed by atoms with Gasteiger partial charge in [-0.2, -0.15) is 12.6 Å². The van der Waals surface area contributed by atoms with Crippen molar-refractivity contribution in [1.29, 1.82) is 0 Å². The lowest BCUT2D eigenvalue weighted by Gasteiger charge is -2.32. The monoisotopic (exact) mass is 244 g/mol. The summed E-state index contributed by atoms with van der Waals surface area (Å²) in [7, 11) is 0. The fraction of sp³-hybridized carbons (Fsp3) is 0.923. The molecule has 0 saturated heterocycles. The zero-order valence-corrected chi connectivity index (χ0v) is 11.7. The van der Waals surface area contributed by atoms with Crippen molar-refractivity contribution in [2.75, 3.05) is 0 Å². The highest BCUT2D eigenvalue weighted by Crippen LogP contribution is 2.31. The Morgan fingerprint density at radius 2 is 1.88 bits per heavy atom. The van der Waals surface area contributed by atoms with Gasteiger partial charge in [-0.1, -0.05) is 27.7 Å². The average Bonchev–Trinajstić information content (AvgIpc) is 2.22. The quantitative estimate of drug-likeness (QED) is 0.609. The Hall–Kier alpha value is -0.180. The van der Waals surface area contributed by atoms with Gasteiger partial charge in [0, 0.05) is 0 Å². The second-order valence-corrected chi connectivity index (χ2v) is 6.07. The maximum atomic E-state index is 11.7. The zero-order chi connectivity index (χ0) is 12.3. The molecule has 0 spiro atoms. The highest BCUT2D eigenvalue weighted by atomic mass is 32.1. The average molecular weight is 244 g/mol. The number of esters is 1. The summed E-state index contributed by atoms with van der Waals surface area (Å²) in [6.45, 7) is 8.50. The molecule has 1 fully saturated rings. The first-order valence-corrected chi connectivity index (χ1v) is 6.82. The number of hydrogen-bond donors (Lipinski definition) is 1. The Morgan fingerprint density at radius 3 is 2.38 bits per heavy atom. The predicted molar refractivity (Wildman–Crippen MR) is 69.7 cm³/mol. The van der Waals surface area contributed by atoms with Crippen molar-refractivity contribution >= 4 is 18.6 Å². The van der Waals surface area contributed by atoms with E-state index in [9.17, 15) is 4.79 Å². The van der Waals surface area contributed by atoms with Crippen LogP contribution in [-0.2, 0) is 9.53 Å². The number of hydrogen-bond acceptors (Lipinski definition) is 3. The van der Waals surface area contributed by atoms with Gasteiger partial charge < -0.3 is 4.74 Å². The SMILES string of the molecule is CC(C)C(S)C(=O)OC1CCC(C)C(C)C1. The summed E-state index contributed by atoms with van der Waals surface area (Å²) in [6.07, 6.45) is 3.30. The fourth-order valence-corrected chi connectivity index (χ4v) is 2.17. The Bertz CT molecular complexity index is 240. The molecule has 0 amide bonds. The topological polar surface area (TPSA) is 26.3 Å². The van der Waals surface area contributed by atoms with Gasteiger partial charge in [0.05, 0.1) is 0 Å². The van der Waals surface area contributed by atoms with Crippen molar-refractivity contribution in [2.24, 2.45) is 17.8 Å². The predicted octanol–water partition coefficient (Wildman–Crippen LogP) is 3.31. The van der Waals surface area contributed by atoms with Crippen molar-refractivity contribution in [3.8, 4) is 0 Å². The molecule has 0 aliphatic heterocycles. The summed E-state index contributed by atoms with van der Waals surface area (Å²) in [5, 5.41) is -0.283. The van der Waals surface area contributed by atoms with E-state index in [2.05, 4.69) is 26.5 Å². The summed E-state index contributed by atoms with van der Waals surface area (Å²) in [4.78, 5) is 11.7. The molecular weight excluding hydrogens is 220 g/mol. The normalized spacial score (nSPS) is 32.5. The van der Waals surface area contributed by atoms with Crippen LogP contribution in [0.1, 0.15) is 47.0 Å². The summed E-state index contributed by atoms with van der Waals surface area (Å²) < 4.78 is 5.52. The molecule has 4 atom stereocenters. The Morgan fingerprint density at radius 1 is 1.25 bits per heavy atom. The van der Waals surface area contributed by atoms with E-state index < -0.39 is 0 Å². The number of carbonyl (C=O) groups is 1. The van der Waals surface area contributed by atoms with Crippen LogP contribution in [-0.4, -0.2) is 17.3 Å². The maximum absolute atomic E-state index is 11.7. The van der Waals surface area contributed by atoms with Crippen LogP contribution in [0.4, 0.5) is 0 Å². The van der Waals surface area contributed by atoms with E-state index in [1.54, 1.807) is 0 Å². The summed E-state index contributed by atoms with van der Waals surface area (Å²) in [5.41, 5.74) is 0. The van der Waals surface area contributed by atoms with Crippen LogP contribution in [0.5, 0.6) is 0 Å². The number of carbonyl (C=O) groups excluding carboxylic acids is 1. The molecule has 2 nitrogen and oxygen atoms in total. The molecule has 0 heterocycles. The smallest absolute Gasteiger partial charge is 0.319 e. The van der Waals surface area contributed by atoms with Crippen LogP contribution in [0.3, 0.4) is 0 Å². The molecule has 0 aromatic heterocycles. The highest BCUT2D eigenvalue weighted by Gasteiger charge is 2.29. The van der Waals surface area contributed by atoms with Gasteiger partial charge in [0.2, 0.25) is 0 Å². The van der Waals surface area contributed by atoms with E-state index in [-0.39, 0.29) is 23.2 Å². The molecular formula is C13H24O2S. The molecule has 94 valence electrons. The molecule has 0 radical (unpaired) electrons. The van der Waals surface area contributed by atoms with E-state index >= 15 is 0 Å². The lowest BCUT2D eigenvalue weighted by Crippen LogP contribution is -2.32. The van der Waals surface area contributed by atoms with Crippen LogP contribution >= 0.6 is 12.6 Å². The molecule has 4 unspecified atom stereocenters. The summed E-state index contributed by atoms with van der Waals surface area (Å²) in [6, 6.07) is 0. The van der Waals surface area contributed by atoms with Gasteiger partial charge in [0.15, 0.2) is 0 Å². The minimum Gasteiger partial charge on any atom is -0.462 e. The standard InChI is InChI=1S/C13H24O2S/c1-8(2)12(16)13(14)15-11-6-5-9(3)10(4)7-11/h8-12,16H,5-7H2,1-4H3. The second-order valence-electron chi connectivity index (χ2n) is 5.52. The molecule has 1 aliphatic carbocycles. The molecule has 1 rings (SSSR count). The third kappa shape index (κ3) is 3.69. The van der Waals surface area contributed by atoms with Crippen molar-refractivity contribution in [3.05, 3.63) is 0 Å². The molecule has 0 N–H and O–H groups in total. The molecule has 1 saturated carbocycles. The van der Waals surface area contributed by atoms with E-state index in [1.165, 1.54) is 0 Å². The number of rotatable bonds is 3. The van der Waals surface area contributed by atoms with Gasteiger partial charge in [-0.15, -0.1) is 0 Å². The summed E-state index contributed by atoms with van der Waals surface area (Å²) in [5.74, 6) is 1.50. The van der Waals surface area contributed by atoms with Gasteiger partial charge in [-0.3, -0.25) is 4.79 Å². The number of ether oxygens (including phenoxy) is 1. The van der Waals surface area contributed by atoms with E-state index in [0.29, 0.717) is 5.92 Å². The van der Waals surface area contributed by atoms with E-state index in [0.717, 1.165) is 25.2 Å². The van der Waals surface area contributed by atoms with Gasteiger partial charge in [0.1, 0.15) is 11.4 Å². The van der Waals surface area contributed by atoms with Gasteiger partial charge in [-0.05, 0) is 37.0 Å². The highest BCUT2D eigenvalue weighted by molar-refractivity contribution is 7.81. The van der Waals surface area contributed by atoms with Gasteiger partial charge >= 0.3 is 5.97 Å². The van der Waals surface area contributed by atoms with Gasteiger partial charge in [0.25, 0.3) is 0 Å². The lowest BCUT2D eigenvalue weighted by molar-refractivity contribution is -0.151. The first kappa shape index (κ1) is 13.9. The largest absolute Gasteiger partial charge is 0.462 e. The van der Waals surface area contributed by atoms with Gasteiger partial charge in [-0.25, -0.2) is 0 Å². The third-order valence-electron chi connectivity index (χ3n) is 3.71. The third-order valence-corrected chi connectivity index (χ3v) is 4.51. The molecule has 0 bridgehead atoms. The van der Waals surface area contributed by atoms with Crippen LogP contribution in [0.25, 0.3) is 0 Å². The van der Waals surface area contributed by atoms with E-state index in [4.69, 9.17) is 4.74 Å². The van der Waals surface area contributed by atoms with Crippen LogP contribution < -0.4 is 0 Å². The Labute approximate surface area is 105 Å². The molecule has 3 heteroatoms. The molecule has 1 aliphatic rings. The first-order chi connectivity index (χ1) is 7.41. The van der Waals surface area contributed by atoms with E-state index in [1.807, 2.05) is 13.8 Å². The minimum absolute atomic E-state index is 0.118. The zero-order valence-electron chi connectivity index (χ0n) is 10.8. The van der Waals surface area contributed by atoms with Crippen LogP contribution in [0.2, 0.25) is 0 Å². The second kappa shape index (κ2) is 5.95. The molecule has 0 aromatic rings. The van der Waals surface area contributed by atoms with Crippen molar-refractivity contribution < 1.29 is 9.53 Å². The van der Waals surface area contributed by atoms with Crippen molar-refractivity contribution in [1.82, 2.24) is 0 Å². The molecule has 16 heavy (non-hydrogen) atoms. The van der Waals surface area contributed by atoms with Crippen molar-refractivity contribution in [2.45, 2.75) is 58.3 Å².